The van der Waals surface area contributed by atoms with Crippen molar-refractivity contribution in [1.29, 1.82) is 0 Å². The van der Waals surface area contributed by atoms with E-state index in [-0.39, 0.29) is 5.75 Å². The molecule has 0 aliphatic rings. The van der Waals surface area contributed by atoms with E-state index < -0.39 is 0 Å². The fourth-order valence-electron chi connectivity index (χ4n) is 1.64. The Labute approximate surface area is 89.5 Å². The molecule has 2 nitrogen and oxygen atoms in total. The molecular weight excluding hydrogens is 200 g/mol. The fourth-order valence-corrected chi connectivity index (χ4v) is 1.97. The molecule has 0 atom stereocenters. The smallest absolute Gasteiger partial charge is 0.125 e. The molecule has 0 aromatic heterocycles. The Morgan fingerprint density at radius 1 is 1.14 bits per heavy atom. The van der Waals surface area contributed by atoms with Crippen molar-refractivity contribution in [3.63, 3.8) is 0 Å². The van der Waals surface area contributed by atoms with Gasteiger partial charge in [0.15, 0.2) is 0 Å². The molecule has 0 spiro atoms. The average Bonchev–Trinajstić information content (AvgIpc) is 2.16. The van der Waals surface area contributed by atoms with Crippen LogP contribution in [0.25, 0.3) is 0 Å². The van der Waals surface area contributed by atoms with Crippen LogP contribution < -0.4 is 4.74 Å². The predicted octanol–water partition coefficient (Wildman–Crippen LogP) is 3.06. The standard InChI is InChI=1S/C11H15ClO2/c1-6-7(2)11(14-4)8(3)9(5-12)10(6)13/h13H,5H2,1-4H3. The number of aromatic hydroxyl groups is 1. The lowest BCUT2D eigenvalue weighted by atomic mass is 9.98. The lowest BCUT2D eigenvalue weighted by Crippen LogP contribution is -1.98. The van der Waals surface area contributed by atoms with E-state index in [0.29, 0.717) is 5.88 Å². The van der Waals surface area contributed by atoms with E-state index in [9.17, 15) is 5.11 Å². The van der Waals surface area contributed by atoms with Crippen LogP contribution in [0.5, 0.6) is 11.5 Å². The van der Waals surface area contributed by atoms with Gasteiger partial charge in [0.05, 0.1) is 13.0 Å². The summed E-state index contributed by atoms with van der Waals surface area (Å²) in [5.41, 5.74) is 3.48. The number of hydrogen-bond acceptors (Lipinski definition) is 2. The van der Waals surface area contributed by atoms with Crippen LogP contribution in [0.4, 0.5) is 0 Å². The van der Waals surface area contributed by atoms with Gasteiger partial charge in [0.1, 0.15) is 11.5 Å². The number of alkyl halides is 1. The Bertz CT molecular complexity index is 328. The van der Waals surface area contributed by atoms with Gasteiger partial charge in [-0.25, -0.2) is 0 Å². The summed E-state index contributed by atoms with van der Waals surface area (Å²) in [5, 5.41) is 9.84. The highest BCUT2D eigenvalue weighted by Crippen LogP contribution is 2.37. The van der Waals surface area contributed by atoms with Gasteiger partial charge >= 0.3 is 0 Å². The predicted molar refractivity (Wildman–Crippen MR) is 58.4 cm³/mol. The van der Waals surface area contributed by atoms with Gasteiger partial charge in [0.2, 0.25) is 0 Å². The molecule has 0 fully saturated rings. The molecule has 3 heteroatoms. The van der Waals surface area contributed by atoms with E-state index in [1.54, 1.807) is 7.11 Å². The molecule has 0 unspecified atom stereocenters. The van der Waals surface area contributed by atoms with E-state index in [1.165, 1.54) is 0 Å². The van der Waals surface area contributed by atoms with Crippen molar-refractivity contribution in [1.82, 2.24) is 0 Å². The van der Waals surface area contributed by atoms with Crippen molar-refractivity contribution in [3.8, 4) is 11.5 Å². The molecule has 0 aliphatic carbocycles. The van der Waals surface area contributed by atoms with Gasteiger partial charge in [-0.1, -0.05) is 0 Å². The minimum Gasteiger partial charge on any atom is -0.507 e. The Kier molecular flexibility index (Phi) is 3.27. The van der Waals surface area contributed by atoms with Crippen LogP contribution in [0, 0.1) is 20.8 Å². The van der Waals surface area contributed by atoms with Crippen molar-refractivity contribution >= 4 is 11.6 Å². The monoisotopic (exact) mass is 214 g/mol. The number of ether oxygens (including phenoxy) is 1. The average molecular weight is 215 g/mol. The van der Waals surface area contributed by atoms with Crippen LogP contribution >= 0.6 is 11.6 Å². The molecule has 0 saturated heterocycles. The van der Waals surface area contributed by atoms with Crippen molar-refractivity contribution in [2.45, 2.75) is 26.7 Å². The Hall–Kier alpha value is -0.890. The number of benzene rings is 1. The number of rotatable bonds is 2. The summed E-state index contributed by atoms with van der Waals surface area (Å²) in [5.74, 6) is 1.40. The highest BCUT2D eigenvalue weighted by atomic mass is 35.5. The number of methoxy groups -OCH3 is 1. The first-order valence-electron chi connectivity index (χ1n) is 4.46. The first-order chi connectivity index (χ1) is 6.54. The van der Waals surface area contributed by atoms with Crippen LogP contribution in [0.3, 0.4) is 0 Å². The van der Waals surface area contributed by atoms with Gasteiger partial charge in [-0.15, -0.1) is 11.6 Å². The second kappa shape index (κ2) is 4.09. The van der Waals surface area contributed by atoms with Crippen molar-refractivity contribution in [2.24, 2.45) is 0 Å². The highest BCUT2D eigenvalue weighted by molar-refractivity contribution is 6.17. The van der Waals surface area contributed by atoms with Crippen molar-refractivity contribution in [3.05, 3.63) is 22.3 Å². The zero-order chi connectivity index (χ0) is 10.9. The second-order valence-corrected chi connectivity index (χ2v) is 3.64. The van der Waals surface area contributed by atoms with Crippen LogP contribution in [-0.2, 0) is 5.88 Å². The molecule has 0 heterocycles. The molecule has 1 rings (SSSR count). The summed E-state index contributed by atoms with van der Waals surface area (Å²) in [6.45, 7) is 5.70. The molecule has 14 heavy (non-hydrogen) atoms. The quantitative estimate of drug-likeness (QED) is 0.767. The van der Waals surface area contributed by atoms with Gasteiger partial charge in [0, 0.05) is 5.56 Å². The first-order valence-corrected chi connectivity index (χ1v) is 4.99. The maximum Gasteiger partial charge on any atom is 0.125 e. The lowest BCUT2D eigenvalue weighted by Gasteiger charge is -2.16. The topological polar surface area (TPSA) is 29.5 Å². The van der Waals surface area contributed by atoms with Crippen molar-refractivity contribution in [2.75, 3.05) is 7.11 Å². The fraction of sp³-hybridized carbons (Fsp3) is 0.455. The number of phenolic OH excluding ortho intramolecular Hbond substituents is 1. The molecular formula is C11H15ClO2. The summed E-state index contributed by atoms with van der Waals surface area (Å²) in [6.07, 6.45) is 0. The third-order valence-electron chi connectivity index (χ3n) is 2.68. The van der Waals surface area contributed by atoms with E-state index in [1.807, 2.05) is 20.8 Å². The highest BCUT2D eigenvalue weighted by Gasteiger charge is 2.16. The molecule has 0 saturated carbocycles. The Morgan fingerprint density at radius 2 is 1.71 bits per heavy atom. The third-order valence-corrected chi connectivity index (χ3v) is 2.94. The molecule has 0 radical (unpaired) electrons. The van der Waals surface area contributed by atoms with Gasteiger partial charge in [-0.2, -0.15) is 0 Å². The lowest BCUT2D eigenvalue weighted by molar-refractivity contribution is 0.403. The SMILES string of the molecule is COc1c(C)c(C)c(O)c(CCl)c1C. The summed E-state index contributed by atoms with van der Waals surface area (Å²) in [6, 6.07) is 0. The zero-order valence-corrected chi connectivity index (χ0v) is 9.70. The van der Waals surface area contributed by atoms with E-state index >= 15 is 0 Å². The van der Waals surface area contributed by atoms with Gasteiger partial charge in [0.25, 0.3) is 0 Å². The van der Waals surface area contributed by atoms with Crippen LogP contribution in [0.2, 0.25) is 0 Å². The normalized spacial score (nSPS) is 10.4. The van der Waals surface area contributed by atoms with E-state index in [4.69, 9.17) is 16.3 Å². The van der Waals surface area contributed by atoms with Crippen LogP contribution in [-0.4, -0.2) is 12.2 Å². The van der Waals surface area contributed by atoms with E-state index in [0.717, 1.165) is 28.0 Å². The molecule has 0 amide bonds. The summed E-state index contributed by atoms with van der Waals surface area (Å²) >= 11 is 5.78. The Morgan fingerprint density at radius 3 is 2.14 bits per heavy atom. The third kappa shape index (κ3) is 1.55. The van der Waals surface area contributed by atoms with Gasteiger partial charge in [-0.3, -0.25) is 0 Å². The first kappa shape index (κ1) is 11.2. The van der Waals surface area contributed by atoms with Crippen LogP contribution in [0.1, 0.15) is 22.3 Å². The van der Waals surface area contributed by atoms with Gasteiger partial charge < -0.3 is 9.84 Å². The largest absolute Gasteiger partial charge is 0.507 e. The number of hydrogen-bond donors (Lipinski definition) is 1. The molecule has 0 aliphatic heterocycles. The number of halogens is 1. The van der Waals surface area contributed by atoms with E-state index in [2.05, 4.69) is 0 Å². The van der Waals surface area contributed by atoms with Gasteiger partial charge in [-0.05, 0) is 37.5 Å². The Balaban J connectivity index is 3.56. The minimum absolute atomic E-state index is 0.288. The maximum atomic E-state index is 9.84. The molecule has 78 valence electrons. The summed E-state index contributed by atoms with van der Waals surface area (Å²) in [7, 11) is 1.63. The zero-order valence-electron chi connectivity index (χ0n) is 8.94. The van der Waals surface area contributed by atoms with Crippen molar-refractivity contribution < 1.29 is 9.84 Å². The van der Waals surface area contributed by atoms with Crippen LogP contribution in [0.15, 0.2) is 0 Å². The molecule has 0 bridgehead atoms. The molecule has 1 aromatic rings. The molecule has 1 N–H and O–H groups in total. The summed E-state index contributed by atoms with van der Waals surface area (Å²) < 4.78 is 5.28. The number of phenols is 1. The minimum atomic E-state index is 0.288. The summed E-state index contributed by atoms with van der Waals surface area (Å²) in [4.78, 5) is 0. The maximum absolute atomic E-state index is 9.84. The second-order valence-electron chi connectivity index (χ2n) is 3.37. The molecule has 1 aromatic carbocycles.